The molecule has 0 atom stereocenters. The lowest BCUT2D eigenvalue weighted by atomic mass is 10.1. The van der Waals surface area contributed by atoms with E-state index < -0.39 is 0 Å². The number of anilines is 1. The summed E-state index contributed by atoms with van der Waals surface area (Å²) in [5.41, 5.74) is 4.87. The third-order valence-electron chi connectivity index (χ3n) is 5.61. The van der Waals surface area contributed by atoms with Gasteiger partial charge in [0.15, 0.2) is 5.76 Å². The van der Waals surface area contributed by atoms with Crippen molar-refractivity contribution in [3.8, 4) is 0 Å². The van der Waals surface area contributed by atoms with Crippen LogP contribution in [0.2, 0.25) is 0 Å². The van der Waals surface area contributed by atoms with Gasteiger partial charge in [-0.3, -0.25) is 4.79 Å². The van der Waals surface area contributed by atoms with Crippen LogP contribution in [-0.4, -0.2) is 37.2 Å². The molecule has 2 aromatic carbocycles. The summed E-state index contributed by atoms with van der Waals surface area (Å²) in [7, 11) is 0. The van der Waals surface area contributed by atoms with Gasteiger partial charge in [0.05, 0.1) is 13.2 Å². The van der Waals surface area contributed by atoms with Crippen LogP contribution in [-0.2, 0) is 17.0 Å². The molecule has 4 aromatic rings. The third-order valence-corrected chi connectivity index (χ3v) is 7.77. The molecule has 1 N–H and O–H groups in total. The smallest absolute Gasteiger partial charge is 0.287 e. The zero-order valence-electron chi connectivity index (χ0n) is 18.4. The molecule has 8 heteroatoms. The van der Waals surface area contributed by atoms with Crippen LogP contribution in [0.25, 0.3) is 11.0 Å². The minimum atomic E-state index is -0.200. The topological polar surface area (TPSA) is 67.6 Å². The molecule has 0 aliphatic carbocycles. The third kappa shape index (κ3) is 5.08. The molecule has 0 spiro atoms. The second-order valence-electron chi connectivity index (χ2n) is 7.90. The van der Waals surface area contributed by atoms with E-state index in [1.807, 2.05) is 36.6 Å². The number of morpholine rings is 1. The maximum Gasteiger partial charge on any atom is 0.287 e. The van der Waals surface area contributed by atoms with Crippen LogP contribution in [0.1, 0.15) is 27.4 Å². The number of carbonyl (C=O) groups excluding carboxylic acids is 1. The summed E-state index contributed by atoms with van der Waals surface area (Å²) in [6.07, 6.45) is 0. The monoisotopic (exact) mass is 479 g/mol. The van der Waals surface area contributed by atoms with Crippen molar-refractivity contribution in [3.05, 3.63) is 76.5 Å². The fourth-order valence-corrected chi connectivity index (χ4v) is 5.74. The Morgan fingerprint density at radius 2 is 1.94 bits per heavy atom. The number of hydrogen-bond acceptors (Lipinski definition) is 7. The molecule has 0 unspecified atom stereocenters. The number of para-hydroxylation sites is 1. The number of nitrogens with zero attached hydrogens (tertiary/aromatic N) is 2. The molecular formula is C25H25N3O3S2. The molecule has 2 aromatic heterocycles. The van der Waals surface area contributed by atoms with Gasteiger partial charge in [0.2, 0.25) is 0 Å². The van der Waals surface area contributed by atoms with Gasteiger partial charge >= 0.3 is 0 Å². The van der Waals surface area contributed by atoms with Crippen LogP contribution < -0.4 is 10.2 Å². The number of benzene rings is 2. The molecule has 1 amide bonds. The van der Waals surface area contributed by atoms with Crippen LogP contribution in [0, 0.1) is 6.92 Å². The lowest BCUT2D eigenvalue weighted by Gasteiger charge is -2.28. The van der Waals surface area contributed by atoms with Crippen LogP contribution in [0.3, 0.4) is 0 Å². The first-order valence-electron chi connectivity index (χ1n) is 10.9. The first-order valence-corrected chi connectivity index (χ1v) is 12.8. The normalized spacial score (nSPS) is 14.0. The van der Waals surface area contributed by atoms with E-state index in [1.165, 1.54) is 5.69 Å². The summed E-state index contributed by atoms with van der Waals surface area (Å²) < 4.78 is 12.4. The van der Waals surface area contributed by atoms with E-state index in [-0.39, 0.29) is 5.91 Å². The predicted molar refractivity (Wildman–Crippen MR) is 133 cm³/mol. The van der Waals surface area contributed by atoms with Gasteiger partial charge < -0.3 is 19.4 Å². The van der Waals surface area contributed by atoms with Gasteiger partial charge in [-0.2, -0.15) is 0 Å². The Morgan fingerprint density at radius 3 is 2.70 bits per heavy atom. The highest BCUT2D eigenvalue weighted by molar-refractivity contribution is 8.00. The van der Waals surface area contributed by atoms with Gasteiger partial charge in [0.1, 0.15) is 9.92 Å². The van der Waals surface area contributed by atoms with E-state index in [2.05, 4.69) is 39.5 Å². The number of aromatic nitrogens is 1. The number of furan rings is 1. The average Bonchev–Trinajstić information content (AvgIpc) is 3.45. The van der Waals surface area contributed by atoms with Gasteiger partial charge in [-0.15, -0.1) is 11.3 Å². The molecule has 1 fully saturated rings. The van der Waals surface area contributed by atoms with Gasteiger partial charge in [-0.25, -0.2) is 4.98 Å². The van der Waals surface area contributed by atoms with E-state index in [1.54, 1.807) is 23.1 Å². The van der Waals surface area contributed by atoms with Gasteiger partial charge in [0, 0.05) is 53.1 Å². The van der Waals surface area contributed by atoms with E-state index in [0.717, 1.165) is 58.4 Å². The van der Waals surface area contributed by atoms with Crippen molar-refractivity contribution < 1.29 is 13.9 Å². The molecule has 5 rings (SSSR count). The largest absolute Gasteiger partial charge is 0.451 e. The van der Waals surface area contributed by atoms with Crippen LogP contribution in [0.4, 0.5) is 5.69 Å². The van der Waals surface area contributed by atoms with Crippen molar-refractivity contribution in [2.75, 3.05) is 31.2 Å². The molecule has 1 saturated heterocycles. The number of hydrogen-bond donors (Lipinski definition) is 1. The highest BCUT2D eigenvalue weighted by Gasteiger charge is 2.21. The highest BCUT2D eigenvalue weighted by Crippen LogP contribution is 2.33. The zero-order valence-corrected chi connectivity index (χ0v) is 20.0. The molecule has 33 heavy (non-hydrogen) atoms. The summed E-state index contributed by atoms with van der Waals surface area (Å²) in [6.45, 7) is 5.76. The number of fused-ring (bicyclic) bond motifs is 1. The summed E-state index contributed by atoms with van der Waals surface area (Å²) in [6, 6.07) is 16.1. The number of rotatable bonds is 7. The Bertz CT molecular complexity index is 1240. The molecular weight excluding hydrogens is 454 g/mol. The average molecular weight is 480 g/mol. The fraction of sp³-hybridized carbons (Fsp3) is 0.280. The Labute approximate surface area is 201 Å². The lowest BCUT2D eigenvalue weighted by molar-refractivity contribution is 0.0924. The predicted octanol–water partition coefficient (Wildman–Crippen LogP) is 5.26. The van der Waals surface area contributed by atoms with E-state index in [0.29, 0.717) is 18.1 Å². The Hall–Kier alpha value is -2.81. The first-order chi connectivity index (χ1) is 16.2. The molecule has 1 aliphatic rings. The summed E-state index contributed by atoms with van der Waals surface area (Å²) >= 11 is 3.25. The van der Waals surface area contributed by atoms with Crippen molar-refractivity contribution in [3.63, 3.8) is 0 Å². The number of aryl methyl sites for hydroxylation is 1. The molecule has 6 nitrogen and oxygen atoms in total. The maximum atomic E-state index is 13.1. The van der Waals surface area contributed by atoms with Gasteiger partial charge in [0.25, 0.3) is 5.91 Å². The van der Waals surface area contributed by atoms with E-state index in [9.17, 15) is 4.79 Å². The number of thiazole rings is 1. The zero-order chi connectivity index (χ0) is 22.6. The summed E-state index contributed by atoms with van der Waals surface area (Å²) in [5.74, 6) is 0.803. The molecule has 170 valence electrons. The molecule has 0 saturated carbocycles. The summed E-state index contributed by atoms with van der Waals surface area (Å²) in [4.78, 5) is 19.9. The number of nitrogens with one attached hydrogen (secondary N) is 1. The Kier molecular flexibility index (Phi) is 6.66. The van der Waals surface area contributed by atoms with Crippen molar-refractivity contribution in [1.29, 1.82) is 0 Å². The number of thioether (sulfide) groups is 1. The SMILES string of the molecule is Cc1csc(SCc2c(C(=O)NCc3ccc(N4CCOCC4)cc3)oc3ccccc23)n1. The minimum absolute atomic E-state index is 0.200. The maximum absolute atomic E-state index is 13.1. The van der Waals surface area contributed by atoms with Crippen LogP contribution in [0.5, 0.6) is 0 Å². The van der Waals surface area contributed by atoms with Crippen LogP contribution >= 0.6 is 23.1 Å². The van der Waals surface area contributed by atoms with Crippen molar-refractivity contribution >= 4 is 45.7 Å². The second kappa shape index (κ2) is 9.99. The van der Waals surface area contributed by atoms with Crippen molar-refractivity contribution in [2.45, 2.75) is 23.6 Å². The van der Waals surface area contributed by atoms with E-state index in [4.69, 9.17) is 9.15 Å². The number of ether oxygens (including phenoxy) is 1. The Balaban J connectivity index is 1.28. The molecule has 3 heterocycles. The number of amides is 1. The van der Waals surface area contributed by atoms with Gasteiger partial charge in [-0.1, -0.05) is 42.1 Å². The van der Waals surface area contributed by atoms with Crippen molar-refractivity contribution in [1.82, 2.24) is 10.3 Å². The van der Waals surface area contributed by atoms with E-state index >= 15 is 0 Å². The van der Waals surface area contributed by atoms with Crippen LogP contribution in [0.15, 0.2) is 62.7 Å². The minimum Gasteiger partial charge on any atom is -0.451 e. The molecule has 0 bridgehead atoms. The fourth-order valence-electron chi connectivity index (χ4n) is 3.87. The highest BCUT2D eigenvalue weighted by atomic mass is 32.2. The second-order valence-corrected chi connectivity index (χ2v) is 9.98. The van der Waals surface area contributed by atoms with Crippen molar-refractivity contribution in [2.24, 2.45) is 0 Å². The lowest BCUT2D eigenvalue weighted by Crippen LogP contribution is -2.36. The standard InChI is InChI=1S/C25H25N3O3S2/c1-17-15-32-25(27-17)33-16-21-20-4-2-3-5-22(20)31-23(21)24(29)26-14-18-6-8-19(9-7-18)28-10-12-30-13-11-28/h2-9,15H,10-14,16H2,1H3,(H,26,29). The molecule has 0 radical (unpaired) electrons. The summed E-state index contributed by atoms with van der Waals surface area (Å²) in [5, 5.41) is 6.04. The molecule has 1 aliphatic heterocycles. The first kappa shape index (κ1) is 22.0. The van der Waals surface area contributed by atoms with Gasteiger partial charge in [-0.05, 0) is 30.7 Å². The number of carbonyl (C=O) groups is 1. The Morgan fingerprint density at radius 1 is 1.15 bits per heavy atom. The quantitative estimate of drug-likeness (QED) is 0.365.